The zero-order valence-corrected chi connectivity index (χ0v) is 9.34. The van der Waals surface area contributed by atoms with E-state index < -0.39 is 0 Å². The molecule has 1 saturated heterocycles. The van der Waals surface area contributed by atoms with Gasteiger partial charge in [0.05, 0.1) is 12.6 Å². The molecule has 3 heteroatoms. The van der Waals surface area contributed by atoms with Gasteiger partial charge in [0.15, 0.2) is 0 Å². The molecule has 86 valence electrons. The van der Waals surface area contributed by atoms with Crippen molar-refractivity contribution in [2.45, 2.75) is 38.2 Å². The van der Waals surface area contributed by atoms with Crippen LogP contribution in [0.25, 0.3) is 0 Å². The largest absolute Gasteiger partial charge is 0.378 e. The molecule has 3 nitrogen and oxygen atoms in total. The van der Waals surface area contributed by atoms with E-state index in [0.717, 1.165) is 19.4 Å². The smallest absolute Gasteiger partial charge is 0.146 e. The molecule has 0 spiro atoms. The Morgan fingerprint density at radius 3 is 3.13 bits per heavy atom. The fraction of sp³-hybridized carbons (Fsp3) is 0.750. The summed E-state index contributed by atoms with van der Waals surface area (Å²) in [4.78, 5) is 11.4. The molecular formula is C12H21NO2. The Kier molecular flexibility index (Phi) is 6.28. The van der Waals surface area contributed by atoms with Gasteiger partial charge in [-0.3, -0.25) is 4.79 Å². The standard InChI is InChI=1S/C12H21NO2/c1-2-8-13-10-11(14)5-3-6-12-7-4-9-15-12/h2,12-13H,1,3-10H2. The van der Waals surface area contributed by atoms with Gasteiger partial charge in [-0.15, -0.1) is 6.58 Å². The third kappa shape index (κ3) is 5.70. The highest BCUT2D eigenvalue weighted by atomic mass is 16.5. The third-order valence-electron chi connectivity index (χ3n) is 2.62. The maximum Gasteiger partial charge on any atom is 0.146 e. The maximum atomic E-state index is 11.4. The van der Waals surface area contributed by atoms with E-state index in [1.165, 1.54) is 12.8 Å². The highest BCUT2D eigenvalue weighted by molar-refractivity contribution is 5.80. The summed E-state index contributed by atoms with van der Waals surface area (Å²) < 4.78 is 5.49. The average Bonchev–Trinajstić information content (AvgIpc) is 2.71. The maximum absolute atomic E-state index is 11.4. The SMILES string of the molecule is C=CCNCC(=O)CCCC1CCCO1. The van der Waals surface area contributed by atoms with Crippen LogP contribution >= 0.6 is 0 Å². The number of carbonyl (C=O) groups is 1. The number of hydrogen-bond donors (Lipinski definition) is 1. The quantitative estimate of drug-likeness (QED) is 0.490. The Labute approximate surface area is 91.9 Å². The van der Waals surface area contributed by atoms with Gasteiger partial charge < -0.3 is 10.1 Å². The van der Waals surface area contributed by atoms with Crippen molar-refractivity contribution in [3.05, 3.63) is 12.7 Å². The second-order valence-electron chi connectivity index (χ2n) is 3.99. The Bertz CT molecular complexity index is 198. The summed E-state index contributed by atoms with van der Waals surface area (Å²) in [7, 11) is 0. The molecule has 0 aromatic rings. The molecule has 1 heterocycles. The first-order valence-corrected chi connectivity index (χ1v) is 5.78. The number of ketones is 1. The molecule has 1 aliphatic heterocycles. The molecule has 0 aromatic heterocycles. The van der Waals surface area contributed by atoms with Crippen LogP contribution in [0.3, 0.4) is 0 Å². The van der Waals surface area contributed by atoms with E-state index >= 15 is 0 Å². The summed E-state index contributed by atoms with van der Waals surface area (Å²) >= 11 is 0. The van der Waals surface area contributed by atoms with Gasteiger partial charge in [-0.1, -0.05) is 6.08 Å². The van der Waals surface area contributed by atoms with Gasteiger partial charge >= 0.3 is 0 Å². The first-order chi connectivity index (χ1) is 7.33. The molecule has 1 aliphatic rings. The highest BCUT2D eigenvalue weighted by Crippen LogP contribution is 2.17. The monoisotopic (exact) mass is 211 g/mol. The Morgan fingerprint density at radius 2 is 2.47 bits per heavy atom. The molecule has 0 amide bonds. The van der Waals surface area contributed by atoms with Gasteiger partial charge in [0, 0.05) is 19.6 Å². The van der Waals surface area contributed by atoms with E-state index in [4.69, 9.17) is 4.74 Å². The van der Waals surface area contributed by atoms with E-state index in [-0.39, 0.29) is 5.78 Å². The van der Waals surface area contributed by atoms with E-state index in [0.29, 0.717) is 25.6 Å². The fourth-order valence-electron chi connectivity index (χ4n) is 1.80. The minimum absolute atomic E-state index is 0.287. The molecule has 0 bridgehead atoms. The molecule has 0 radical (unpaired) electrons. The average molecular weight is 211 g/mol. The van der Waals surface area contributed by atoms with E-state index in [2.05, 4.69) is 11.9 Å². The Morgan fingerprint density at radius 1 is 1.60 bits per heavy atom. The Balaban J connectivity index is 1.93. The highest BCUT2D eigenvalue weighted by Gasteiger charge is 2.15. The number of ether oxygens (including phenoxy) is 1. The van der Waals surface area contributed by atoms with Crippen molar-refractivity contribution in [1.82, 2.24) is 5.32 Å². The number of Topliss-reactive ketones (excluding diaryl/α,β-unsaturated/α-hetero) is 1. The zero-order chi connectivity index (χ0) is 10.9. The predicted molar refractivity (Wildman–Crippen MR) is 60.9 cm³/mol. The van der Waals surface area contributed by atoms with Gasteiger partial charge in [0.1, 0.15) is 5.78 Å². The normalized spacial score (nSPS) is 20.4. The van der Waals surface area contributed by atoms with Crippen LogP contribution in [0.1, 0.15) is 32.1 Å². The molecule has 0 saturated carbocycles. The van der Waals surface area contributed by atoms with Crippen molar-refractivity contribution in [3.8, 4) is 0 Å². The van der Waals surface area contributed by atoms with Gasteiger partial charge in [-0.2, -0.15) is 0 Å². The molecule has 0 aromatic carbocycles. The second kappa shape index (κ2) is 7.60. The van der Waals surface area contributed by atoms with E-state index in [1.54, 1.807) is 6.08 Å². The van der Waals surface area contributed by atoms with E-state index in [9.17, 15) is 4.79 Å². The van der Waals surface area contributed by atoms with Crippen LogP contribution in [0, 0.1) is 0 Å². The van der Waals surface area contributed by atoms with Crippen LogP contribution < -0.4 is 5.32 Å². The summed E-state index contributed by atoms with van der Waals surface area (Å²) in [5.74, 6) is 0.287. The van der Waals surface area contributed by atoms with Crippen LogP contribution in [0.4, 0.5) is 0 Å². The lowest BCUT2D eigenvalue weighted by Gasteiger charge is -2.08. The zero-order valence-electron chi connectivity index (χ0n) is 9.34. The summed E-state index contributed by atoms with van der Waals surface area (Å²) in [6.45, 7) is 5.66. The summed E-state index contributed by atoms with van der Waals surface area (Å²) in [5.41, 5.74) is 0. The Hall–Kier alpha value is -0.670. The van der Waals surface area contributed by atoms with Gasteiger partial charge in [0.2, 0.25) is 0 Å². The van der Waals surface area contributed by atoms with Crippen LogP contribution in [0.2, 0.25) is 0 Å². The van der Waals surface area contributed by atoms with Crippen LogP contribution in [-0.2, 0) is 9.53 Å². The molecule has 1 atom stereocenters. The van der Waals surface area contributed by atoms with Crippen molar-refractivity contribution in [3.63, 3.8) is 0 Å². The van der Waals surface area contributed by atoms with Crippen LogP contribution in [0.5, 0.6) is 0 Å². The van der Waals surface area contributed by atoms with Gasteiger partial charge in [0.25, 0.3) is 0 Å². The van der Waals surface area contributed by atoms with Crippen LogP contribution in [0.15, 0.2) is 12.7 Å². The first-order valence-electron chi connectivity index (χ1n) is 5.78. The van der Waals surface area contributed by atoms with Crippen molar-refractivity contribution in [2.24, 2.45) is 0 Å². The van der Waals surface area contributed by atoms with E-state index in [1.807, 2.05) is 0 Å². The van der Waals surface area contributed by atoms with Crippen molar-refractivity contribution in [1.29, 1.82) is 0 Å². The summed E-state index contributed by atoms with van der Waals surface area (Å²) in [6.07, 6.45) is 7.19. The lowest BCUT2D eigenvalue weighted by Crippen LogP contribution is -2.22. The van der Waals surface area contributed by atoms with Crippen molar-refractivity contribution >= 4 is 5.78 Å². The molecule has 1 N–H and O–H groups in total. The number of rotatable bonds is 8. The number of nitrogens with one attached hydrogen (secondary N) is 1. The molecule has 0 aliphatic carbocycles. The molecule has 1 unspecified atom stereocenters. The summed E-state index contributed by atoms with van der Waals surface area (Å²) in [5, 5.41) is 3.01. The van der Waals surface area contributed by atoms with Crippen LogP contribution in [-0.4, -0.2) is 31.6 Å². The molecular weight excluding hydrogens is 190 g/mol. The first kappa shape index (κ1) is 12.4. The second-order valence-corrected chi connectivity index (χ2v) is 3.99. The van der Waals surface area contributed by atoms with Gasteiger partial charge in [-0.05, 0) is 25.7 Å². The van der Waals surface area contributed by atoms with Gasteiger partial charge in [-0.25, -0.2) is 0 Å². The van der Waals surface area contributed by atoms with Crippen molar-refractivity contribution < 1.29 is 9.53 Å². The number of hydrogen-bond acceptors (Lipinski definition) is 3. The lowest BCUT2D eigenvalue weighted by molar-refractivity contribution is -0.118. The summed E-state index contributed by atoms with van der Waals surface area (Å²) in [6, 6.07) is 0. The topological polar surface area (TPSA) is 38.3 Å². The third-order valence-corrected chi connectivity index (χ3v) is 2.62. The lowest BCUT2D eigenvalue weighted by atomic mass is 10.1. The van der Waals surface area contributed by atoms with Crippen molar-refractivity contribution in [2.75, 3.05) is 19.7 Å². The number of carbonyl (C=O) groups excluding carboxylic acids is 1. The molecule has 1 rings (SSSR count). The minimum atomic E-state index is 0.287. The minimum Gasteiger partial charge on any atom is -0.378 e. The molecule has 15 heavy (non-hydrogen) atoms. The fourth-order valence-corrected chi connectivity index (χ4v) is 1.80. The molecule has 1 fully saturated rings. The predicted octanol–water partition coefficient (Wildman–Crippen LogP) is 1.68.